The van der Waals surface area contributed by atoms with Crippen LogP contribution in [0.1, 0.15) is 12.5 Å². The Morgan fingerprint density at radius 2 is 2.03 bits per heavy atom. The van der Waals surface area contributed by atoms with Crippen molar-refractivity contribution in [3.8, 4) is 11.5 Å². The average Bonchev–Trinajstić information content (AvgIpc) is 3.15. The molecule has 1 fully saturated rings. The van der Waals surface area contributed by atoms with Crippen LogP contribution >= 0.6 is 0 Å². The zero-order chi connectivity index (χ0) is 23.1. The van der Waals surface area contributed by atoms with Gasteiger partial charge in [-0.1, -0.05) is 0 Å². The van der Waals surface area contributed by atoms with Gasteiger partial charge in [-0.05, 0) is 25.1 Å². The first-order valence-corrected chi connectivity index (χ1v) is 11.6. The van der Waals surface area contributed by atoms with Crippen molar-refractivity contribution >= 4 is 21.5 Å². The molecule has 1 saturated heterocycles. The molecule has 0 aromatic carbocycles. The van der Waals surface area contributed by atoms with Crippen LogP contribution in [0.15, 0.2) is 36.8 Å². The number of rotatable bonds is 5. The number of alkyl halides is 3. The molecule has 1 aliphatic rings. The third kappa shape index (κ3) is 4.84. The van der Waals surface area contributed by atoms with Crippen molar-refractivity contribution < 1.29 is 26.3 Å². The lowest BCUT2D eigenvalue weighted by molar-refractivity contribution is -0.137. The van der Waals surface area contributed by atoms with Gasteiger partial charge in [-0.15, -0.1) is 0 Å². The molecule has 9 nitrogen and oxygen atoms in total. The molecule has 4 rings (SSSR count). The molecule has 0 radical (unpaired) electrons. The maximum atomic E-state index is 13.1. The molecule has 3 aromatic heterocycles. The maximum absolute atomic E-state index is 13.1. The highest BCUT2D eigenvalue weighted by atomic mass is 32.2. The Bertz CT molecular complexity index is 1230. The minimum absolute atomic E-state index is 0.222. The fraction of sp³-hybridized carbons (Fsp3) is 0.421. The van der Waals surface area contributed by atoms with Gasteiger partial charge in [0.1, 0.15) is 17.2 Å². The van der Waals surface area contributed by atoms with E-state index in [1.165, 1.54) is 22.9 Å². The molecule has 0 spiro atoms. The standard InChI is InChI=1S/C19H21F3N6O3S/c1-12(26-32(2,29)30)15-11-27(7-8-31-15)17-5-6-23-18(25-17)14-9-24-16-4-3-13(10-28(14)16)19(20,21)22/h3-6,9-10,12,15,26H,7-8,11H2,1-2H3. The van der Waals surface area contributed by atoms with Crippen molar-refractivity contribution in [3.63, 3.8) is 0 Å². The second-order valence-electron chi connectivity index (χ2n) is 7.56. The highest BCUT2D eigenvalue weighted by Gasteiger charge is 2.31. The van der Waals surface area contributed by atoms with Crippen molar-refractivity contribution in [1.82, 2.24) is 24.1 Å². The largest absolute Gasteiger partial charge is 0.417 e. The highest BCUT2D eigenvalue weighted by Crippen LogP contribution is 2.30. The number of pyridine rings is 1. The van der Waals surface area contributed by atoms with Crippen molar-refractivity contribution in [3.05, 3.63) is 42.4 Å². The molecule has 172 valence electrons. The fourth-order valence-corrected chi connectivity index (χ4v) is 4.39. The molecule has 0 aliphatic carbocycles. The number of nitrogens with one attached hydrogen (secondary N) is 1. The monoisotopic (exact) mass is 470 g/mol. The van der Waals surface area contributed by atoms with Gasteiger partial charge in [0.2, 0.25) is 10.0 Å². The first-order valence-electron chi connectivity index (χ1n) is 9.73. The Balaban J connectivity index is 1.62. The van der Waals surface area contributed by atoms with Crippen LogP contribution in [0.2, 0.25) is 0 Å². The molecule has 13 heteroatoms. The summed E-state index contributed by atoms with van der Waals surface area (Å²) in [6.07, 6.45) is 0.111. The minimum Gasteiger partial charge on any atom is -0.373 e. The smallest absolute Gasteiger partial charge is 0.373 e. The van der Waals surface area contributed by atoms with Crippen molar-refractivity contribution in [2.24, 2.45) is 0 Å². The van der Waals surface area contributed by atoms with Gasteiger partial charge >= 0.3 is 6.18 Å². The topological polar surface area (TPSA) is 102 Å². The molecule has 0 amide bonds. The molecule has 4 heterocycles. The Labute approximate surface area is 182 Å². The van der Waals surface area contributed by atoms with Gasteiger partial charge in [-0.25, -0.2) is 28.1 Å². The zero-order valence-corrected chi connectivity index (χ0v) is 18.1. The number of sulfonamides is 1. The average molecular weight is 470 g/mol. The maximum Gasteiger partial charge on any atom is 0.417 e. The summed E-state index contributed by atoms with van der Waals surface area (Å²) in [5, 5.41) is 0. The number of ether oxygens (including phenoxy) is 1. The fourth-order valence-electron chi connectivity index (χ4n) is 3.56. The quantitative estimate of drug-likeness (QED) is 0.608. The van der Waals surface area contributed by atoms with Crippen LogP contribution in [-0.2, 0) is 20.9 Å². The molecule has 0 bridgehead atoms. The van der Waals surface area contributed by atoms with Crippen LogP contribution in [0.5, 0.6) is 0 Å². The second kappa shape index (κ2) is 8.30. The van der Waals surface area contributed by atoms with Gasteiger partial charge in [-0.3, -0.25) is 4.40 Å². The zero-order valence-electron chi connectivity index (χ0n) is 17.2. The molecular weight excluding hydrogens is 449 g/mol. The van der Waals surface area contributed by atoms with Gasteiger partial charge in [-0.2, -0.15) is 13.2 Å². The lowest BCUT2D eigenvalue weighted by Gasteiger charge is -2.36. The normalized spacial score (nSPS) is 18.8. The predicted octanol–water partition coefficient (Wildman–Crippen LogP) is 1.95. The molecule has 32 heavy (non-hydrogen) atoms. The Morgan fingerprint density at radius 1 is 1.25 bits per heavy atom. The first-order chi connectivity index (χ1) is 15.0. The molecule has 1 N–H and O–H groups in total. The van der Waals surface area contributed by atoms with E-state index in [9.17, 15) is 21.6 Å². The number of morpholine rings is 1. The summed E-state index contributed by atoms with van der Waals surface area (Å²) in [5.74, 6) is 0.774. The van der Waals surface area contributed by atoms with Gasteiger partial charge < -0.3 is 9.64 Å². The number of anilines is 1. The van der Waals surface area contributed by atoms with E-state index in [-0.39, 0.29) is 5.82 Å². The van der Waals surface area contributed by atoms with Crippen LogP contribution in [0.3, 0.4) is 0 Å². The van der Waals surface area contributed by atoms with E-state index >= 15 is 0 Å². The van der Waals surface area contributed by atoms with Gasteiger partial charge in [0.05, 0.1) is 30.7 Å². The van der Waals surface area contributed by atoms with Crippen LogP contribution < -0.4 is 9.62 Å². The first kappa shape index (κ1) is 22.4. The summed E-state index contributed by atoms with van der Waals surface area (Å²) in [6, 6.07) is 3.50. The number of nitrogens with zero attached hydrogens (tertiary/aromatic N) is 5. The van der Waals surface area contributed by atoms with E-state index in [2.05, 4.69) is 19.7 Å². The lowest BCUT2D eigenvalue weighted by atomic mass is 10.1. The number of fused-ring (bicyclic) bond motifs is 1. The summed E-state index contributed by atoms with van der Waals surface area (Å²) in [5.41, 5.74) is -0.136. The third-order valence-electron chi connectivity index (χ3n) is 5.08. The Hall–Kier alpha value is -2.77. The number of hydrogen-bond donors (Lipinski definition) is 1. The van der Waals surface area contributed by atoms with Gasteiger partial charge in [0, 0.05) is 31.5 Å². The van der Waals surface area contributed by atoms with Crippen molar-refractivity contribution in [2.45, 2.75) is 25.2 Å². The van der Waals surface area contributed by atoms with Gasteiger partial charge in [0.15, 0.2) is 5.82 Å². The number of imidazole rings is 1. The summed E-state index contributed by atoms with van der Waals surface area (Å²) >= 11 is 0. The summed E-state index contributed by atoms with van der Waals surface area (Å²) in [6.45, 7) is 2.98. The molecule has 3 aromatic rings. The van der Waals surface area contributed by atoms with E-state index in [1.54, 1.807) is 13.0 Å². The number of hydrogen-bond acceptors (Lipinski definition) is 7. The van der Waals surface area contributed by atoms with Crippen LogP contribution in [0.25, 0.3) is 17.2 Å². The predicted molar refractivity (Wildman–Crippen MR) is 111 cm³/mol. The molecule has 2 atom stereocenters. The number of halogens is 3. The van der Waals surface area contributed by atoms with Gasteiger partial charge in [0.25, 0.3) is 0 Å². The van der Waals surface area contributed by atoms with E-state index in [4.69, 9.17) is 4.74 Å². The lowest BCUT2D eigenvalue weighted by Crippen LogP contribution is -2.52. The van der Waals surface area contributed by atoms with Crippen molar-refractivity contribution in [2.75, 3.05) is 30.9 Å². The van der Waals surface area contributed by atoms with E-state index < -0.39 is 33.9 Å². The summed E-state index contributed by atoms with van der Waals surface area (Å²) < 4.78 is 72.0. The minimum atomic E-state index is -4.49. The molecule has 2 unspecified atom stereocenters. The third-order valence-corrected chi connectivity index (χ3v) is 5.88. The molecular formula is C19H21F3N6O3S. The second-order valence-corrected chi connectivity index (χ2v) is 9.34. The van der Waals surface area contributed by atoms with E-state index in [1.807, 2.05) is 4.90 Å². The SMILES string of the molecule is CC(NS(C)(=O)=O)C1CN(c2ccnc(-c3cnc4ccc(C(F)(F)F)cn34)n2)CCO1. The number of aromatic nitrogens is 4. The van der Waals surface area contributed by atoms with E-state index in [0.717, 1.165) is 18.5 Å². The summed E-state index contributed by atoms with van der Waals surface area (Å²) in [7, 11) is -3.39. The Kier molecular flexibility index (Phi) is 5.81. The van der Waals surface area contributed by atoms with Crippen LogP contribution in [0, 0.1) is 0 Å². The molecule has 0 saturated carbocycles. The van der Waals surface area contributed by atoms with E-state index in [0.29, 0.717) is 36.9 Å². The molecule has 1 aliphatic heterocycles. The highest BCUT2D eigenvalue weighted by molar-refractivity contribution is 7.88. The van der Waals surface area contributed by atoms with Crippen LogP contribution in [-0.4, -0.2) is 65.9 Å². The van der Waals surface area contributed by atoms with Crippen molar-refractivity contribution in [1.29, 1.82) is 0 Å². The van der Waals surface area contributed by atoms with Crippen LogP contribution in [0.4, 0.5) is 19.0 Å². The Morgan fingerprint density at radius 3 is 2.75 bits per heavy atom. The summed E-state index contributed by atoms with van der Waals surface area (Å²) in [4.78, 5) is 14.8.